The number of anilines is 2. The molecule has 3 aromatic rings. The van der Waals surface area contributed by atoms with E-state index in [0.29, 0.717) is 5.69 Å². The van der Waals surface area contributed by atoms with Gasteiger partial charge in [0.25, 0.3) is 5.91 Å². The van der Waals surface area contributed by atoms with Crippen molar-refractivity contribution in [1.29, 1.82) is 0 Å². The normalized spacial score (nSPS) is 14.0. The number of hydrogen-bond donors (Lipinski definition) is 2. The lowest BCUT2D eigenvalue weighted by Gasteiger charge is -2.36. The summed E-state index contributed by atoms with van der Waals surface area (Å²) >= 11 is 0. The van der Waals surface area contributed by atoms with Gasteiger partial charge in [0.15, 0.2) is 6.61 Å². The van der Waals surface area contributed by atoms with Crippen LogP contribution >= 0.6 is 0 Å². The second-order valence-electron chi connectivity index (χ2n) is 7.97. The summed E-state index contributed by atoms with van der Waals surface area (Å²) in [7, 11) is 0. The van der Waals surface area contributed by atoms with Crippen LogP contribution in [0.4, 0.5) is 11.4 Å². The molecule has 7 nitrogen and oxygen atoms in total. The highest BCUT2D eigenvalue weighted by molar-refractivity contribution is 5.95. The zero-order valence-corrected chi connectivity index (χ0v) is 18.3. The molecule has 1 aliphatic heterocycles. The second kappa shape index (κ2) is 10.7. The number of amides is 1. The van der Waals surface area contributed by atoms with Gasteiger partial charge >= 0.3 is 5.97 Å². The van der Waals surface area contributed by atoms with Crippen molar-refractivity contribution in [2.75, 3.05) is 43.0 Å². The third-order valence-electron chi connectivity index (χ3n) is 5.55. The van der Waals surface area contributed by atoms with Crippen molar-refractivity contribution in [3.63, 3.8) is 0 Å². The molecule has 0 atom stereocenters. The molecule has 2 N–H and O–H groups in total. The minimum Gasteiger partial charge on any atom is -0.508 e. The minimum absolute atomic E-state index is 0.0356. The molecule has 1 saturated heterocycles. The Hall–Kier alpha value is -3.84. The van der Waals surface area contributed by atoms with Crippen LogP contribution in [0.15, 0.2) is 78.9 Å². The maximum absolute atomic E-state index is 12.1. The van der Waals surface area contributed by atoms with Gasteiger partial charge in [-0.2, -0.15) is 0 Å². The molecular formula is C26H27N3O4. The lowest BCUT2D eigenvalue weighted by atomic mass is 10.2. The molecule has 33 heavy (non-hydrogen) atoms. The lowest BCUT2D eigenvalue weighted by Crippen LogP contribution is -2.45. The average Bonchev–Trinajstić information content (AvgIpc) is 2.84. The van der Waals surface area contributed by atoms with Crippen molar-refractivity contribution < 1.29 is 19.4 Å². The van der Waals surface area contributed by atoms with E-state index in [1.54, 1.807) is 0 Å². The van der Waals surface area contributed by atoms with Gasteiger partial charge in [0.05, 0.1) is 5.56 Å². The molecule has 0 aromatic heterocycles. The number of benzene rings is 3. The van der Waals surface area contributed by atoms with Gasteiger partial charge < -0.3 is 20.1 Å². The molecule has 0 unspecified atom stereocenters. The van der Waals surface area contributed by atoms with Crippen molar-refractivity contribution in [3.05, 3.63) is 90.0 Å². The van der Waals surface area contributed by atoms with Gasteiger partial charge in [-0.05, 0) is 48.0 Å². The van der Waals surface area contributed by atoms with E-state index in [0.717, 1.165) is 38.4 Å². The van der Waals surface area contributed by atoms with Gasteiger partial charge in [0.2, 0.25) is 0 Å². The number of nitrogens with one attached hydrogen (secondary N) is 1. The molecule has 0 radical (unpaired) electrons. The summed E-state index contributed by atoms with van der Waals surface area (Å²) < 4.78 is 5.01. The smallest absolute Gasteiger partial charge is 0.338 e. The fourth-order valence-corrected chi connectivity index (χ4v) is 3.81. The van der Waals surface area contributed by atoms with Crippen molar-refractivity contribution in [1.82, 2.24) is 4.90 Å². The van der Waals surface area contributed by atoms with Crippen molar-refractivity contribution in [2.24, 2.45) is 0 Å². The van der Waals surface area contributed by atoms with Crippen molar-refractivity contribution in [2.45, 2.75) is 6.54 Å². The molecule has 0 spiro atoms. The fourth-order valence-electron chi connectivity index (χ4n) is 3.81. The molecular weight excluding hydrogens is 418 g/mol. The van der Waals surface area contributed by atoms with Crippen LogP contribution in [0.5, 0.6) is 5.75 Å². The van der Waals surface area contributed by atoms with Gasteiger partial charge in [0, 0.05) is 44.1 Å². The van der Waals surface area contributed by atoms with E-state index in [2.05, 4.69) is 39.4 Å². The van der Waals surface area contributed by atoms with E-state index in [1.807, 2.05) is 30.3 Å². The zero-order valence-electron chi connectivity index (χ0n) is 18.3. The van der Waals surface area contributed by atoms with Gasteiger partial charge in [-0.15, -0.1) is 0 Å². The van der Waals surface area contributed by atoms with E-state index in [4.69, 9.17) is 4.74 Å². The molecule has 0 bridgehead atoms. The lowest BCUT2D eigenvalue weighted by molar-refractivity contribution is -0.119. The Labute approximate surface area is 193 Å². The average molecular weight is 446 g/mol. The molecule has 1 amide bonds. The van der Waals surface area contributed by atoms with Crippen LogP contribution in [0.2, 0.25) is 0 Å². The molecule has 0 aliphatic carbocycles. The van der Waals surface area contributed by atoms with Gasteiger partial charge in [-0.1, -0.05) is 36.4 Å². The standard InChI is InChI=1S/C26H27N3O4/c30-24-8-4-7-21(17-24)26(32)33-19-25(31)27-22-9-11-23(12-10-22)29-15-13-28(14-16-29)18-20-5-2-1-3-6-20/h1-12,17,30H,13-16,18-19H2,(H,27,31). The van der Waals surface area contributed by atoms with E-state index in [-0.39, 0.29) is 11.3 Å². The number of nitrogens with zero attached hydrogens (tertiary/aromatic N) is 2. The van der Waals surface area contributed by atoms with Crippen LogP contribution in [0.1, 0.15) is 15.9 Å². The topological polar surface area (TPSA) is 82.1 Å². The largest absolute Gasteiger partial charge is 0.508 e. The highest BCUT2D eigenvalue weighted by atomic mass is 16.5. The summed E-state index contributed by atoms with van der Waals surface area (Å²) in [6, 6.07) is 24.0. The Kier molecular flexibility index (Phi) is 7.22. The monoisotopic (exact) mass is 445 g/mol. The van der Waals surface area contributed by atoms with Crippen molar-refractivity contribution in [3.8, 4) is 5.75 Å². The number of esters is 1. The Morgan fingerprint density at radius 1 is 0.879 bits per heavy atom. The Morgan fingerprint density at radius 2 is 1.61 bits per heavy atom. The third kappa shape index (κ3) is 6.33. The summed E-state index contributed by atoms with van der Waals surface area (Å²) in [5, 5.41) is 12.2. The Balaban J connectivity index is 1.22. The number of phenols is 1. The van der Waals surface area contributed by atoms with Crippen LogP contribution in [0.3, 0.4) is 0 Å². The van der Waals surface area contributed by atoms with Crippen molar-refractivity contribution >= 4 is 23.3 Å². The van der Waals surface area contributed by atoms with Crippen LogP contribution in [0, 0.1) is 0 Å². The van der Waals surface area contributed by atoms with E-state index < -0.39 is 18.5 Å². The number of piperazine rings is 1. The predicted molar refractivity (Wildman–Crippen MR) is 127 cm³/mol. The fraction of sp³-hybridized carbons (Fsp3) is 0.231. The molecule has 3 aromatic carbocycles. The first-order valence-electron chi connectivity index (χ1n) is 10.9. The number of rotatable bonds is 7. The molecule has 170 valence electrons. The van der Waals surface area contributed by atoms with E-state index in [9.17, 15) is 14.7 Å². The molecule has 1 fully saturated rings. The number of carbonyl (C=O) groups excluding carboxylic acids is 2. The first kappa shape index (κ1) is 22.4. The maximum Gasteiger partial charge on any atom is 0.338 e. The Bertz CT molecular complexity index is 1080. The number of carbonyl (C=O) groups is 2. The van der Waals surface area contributed by atoms with Crippen LogP contribution in [-0.4, -0.2) is 54.7 Å². The highest BCUT2D eigenvalue weighted by Gasteiger charge is 2.17. The molecule has 1 heterocycles. The number of hydrogen-bond acceptors (Lipinski definition) is 6. The zero-order chi connectivity index (χ0) is 23.0. The third-order valence-corrected chi connectivity index (χ3v) is 5.55. The first-order valence-corrected chi connectivity index (χ1v) is 10.9. The summed E-state index contributed by atoms with van der Waals surface area (Å²) in [5.41, 5.74) is 3.28. The van der Waals surface area contributed by atoms with Crippen LogP contribution in [-0.2, 0) is 16.1 Å². The summed E-state index contributed by atoms with van der Waals surface area (Å²) in [6.07, 6.45) is 0. The molecule has 4 rings (SSSR count). The van der Waals surface area contributed by atoms with Crippen LogP contribution in [0.25, 0.3) is 0 Å². The minimum atomic E-state index is -0.664. The maximum atomic E-state index is 12.1. The molecule has 1 aliphatic rings. The second-order valence-corrected chi connectivity index (χ2v) is 7.97. The quantitative estimate of drug-likeness (QED) is 0.542. The molecule has 7 heteroatoms. The summed E-state index contributed by atoms with van der Waals surface area (Å²) in [6.45, 7) is 4.46. The SMILES string of the molecule is O=C(COC(=O)c1cccc(O)c1)Nc1ccc(N2CCN(Cc3ccccc3)CC2)cc1. The van der Waals surface area contributed by atoms with E-state index in [1.165, 1.54) is 29.8 Å². The first-order chi connectivity index (χ1) is 16.1. The predicted octanol–water partition coefficient (Wildman–Crippen LogP) is 3.51. The van der Waals surface area contributed by atoms with Gasteiger partial charge in [-0.3, -0.25) is 9.69 Å². The van der Waals surface area contributed by atoms with Crippen LogP contribution < -0.4 is 10.2 Å². The van der Waals surface area contributed by atoms with Gasteiger partial charge in [-0.25, -0.2) is 4.79 Å². The Morgan fingerprint density at radius 3 is 2.30 bits per heavy atom. The molecule has 0 saturated carbocycles. The number of phenolic OH excluding ortho intramolecular Hbond substituents is 1. The van der Waals surface area contributed by atoms with E-state index >= 15 is 0 Å². The summed E-state index contributed by atoms with van der Waals surface area (Å²) in [5.74, 6) is -1.12. The van der Waals surface area contributed by atoms with Gasteiger partial charge in [0.1, 0.15) is 5.75 Å². The number of ether oxygens (including phenoxy) is 1. The highest BCUT2D eigenvalue weighted by Crippen LogP contribution is 2.20. The number of aromatic hydroxyl groups is 1. The summed E-state index contributed by atoms with van der Waals surface area (Å²) in [4.78, 5) is 28.9.